The highest BCUT2D eigenvalue weighted by atomic mass is 16.6. The summed E-state index contributed by atoms with van der Waals surface area (Å²) in [5.41, 5.74) is 3.19. The Kier molecular flexibility index (Phi) is 6.92. The SMILES string of the molecule is CC.CC(=O)NCC1CN(c2cc(C)c(C(=O)c3ccn[nH]3)c(C)c2)C(=O)O1. The van der Waals surface area contributed by atoms with Crippen LogP contribution in [-0.4, -0.2) is 47.2 Å². The molecule has 1 saturated heterocycles. The highest BCUT2D eigenvalue weighted by Crippen LogP contribution is 2.28. The fourth-order valence-corrected chi connectivity index (χ4v) is 3.07. The molecule has 0 radical (unpaired) electrons. The Morgan fingerprint density at radius 3 is 2.46 bits per heavy atom. The number of amides is 2. The molecule has 1 aliphatic rings. The van der Waals surface area contributed by atoms with Crippen LogP contribution in [0.2, 0.25) is 0 Å². The summed E-state index contributed by atoms with van der Waals surface area (Å²) in [6, 6.07) is 5.21. The third-order valence-corrected chi connectivity index (χ3v) is 4.25. The minimum Gasteiger partial charge on any atom is -0.442 e. The van der Waals surface area contributed by atoms with Gasteiger partial charge in [0, 0.05) is 24.4 Å². The summed E-state index contributed by atoms with van der Waals surface area (Å²) in [5, 5.41) is 9.13. The fraction of sp³-hybridized carbons (Fsp3) is 0.400. The second-order valence-corrected chi connectivity index (χ2v) is 6.31. The average molecular weight is 386 g/mol. The number of carbonyl (C=O) groups excluding carboxylic acids is 3. The highest BCUT2D eigenvalue weighted by molar-refractivity contribution is 6.10. The molecule has 150 valence electrons. The van der Waals surface area contributed by atoms with E-state index in [-0.39, 0.29) is 18.2 Å². The lowest BCUT2D eigenvalue weighted by molar-refractivity contribution is -0.119. The van der Waals surface area contributed by atoms with E-state index in [0.717, 1.165) is 11.1 Å². The standard InChI is InChI=1S/C18H20N4O4.C2H6/c1-10-6-13(22-9-14(26-18(22)25)8-19-12(3)23)7-11(2)16(10)17(24)15-4-5-20-21-15;1-2/h4-7,14H,8-9H2,1-3H3,(H,19,23)(H,20,21);1-2H3. The number of benzene rings is 1. The van der Waals surface area contributed by atoms with Gasteiger partial charge in [-0.05, 0) is 43.2 Å². The van der Waals surface area contributed by atoms with Crippen LogP contribution in [-0.2, 0) is 9.53 Å². The van der Waals surface area contributed by atoms with Gasteiger partial charge in [0.05, 0.1) is 13.1 Å². The average Bonchev–Trinajstić information content (AvgIpc) is 3.30. The summed E-state index contributed by atoms with van der Waals surface area (Å²) in [6.07, 6.45) is 0.659. The summed E-state index contributed by atoms with van der Waals surface area (Å²) in [6.45, 7) is 9.68. The number of aromatic amines is 1. The van der Waals surface area contributed by atoms with Crippen molar-refractivity contribution in [2.24, 2.45) is 0 Å². The van der Waals surface area contributed by atoms with Crippen LogP contribution in [0.3, 0.4) is 0 Å². The maximum atomic E-state index is 12.6. The van der Waals surface area contributed by atoms with E-state index in [1.807, 2.05) is 27.7 Å². The first-order chi connectivity index (χ1) is 13.4. The molecular weight excluding hydrogens is 360 g/mol. The number of aromatic nitrogens is 2. The van der Waals surface area contributed by atoms with Crippen molar-refractivity contribution in [1.82, 2.24) is 15.5 Å². The van der Waals surface area contributed by atoms with Gasteiger partial charge >= 0.3 is 6.09 Å². The molecule has 0 bridgehead atoms. The van der Waals surface area contributed by atoms with Crippen LogP contribution in [0.4, 0.5) is 10.5 Å². The number of nitrogens with one attached hydrogen (secondary N) is 2. The van der Waals surface area contributed by atoms with Crippen LogP contribution in [0, 0.1) is 13.8 Å². The number of hydrogen-bond donors (Lipinski definition) is 2. The molecule has 0 saturated carbocycles. The zero-order valence-corrected chi connectivity index (χ0v) is 16.8. The molecule has 1 atom stereocenters. The molecule has 1 unspecified atom stereocenters. The first kappa shape index (κ1) is 21.1. The number of anilines is 1. The molecule has 28 heavy (non-hydrogen) atoms. The topological polar surface area (TPSA) is 104 Å². The molecule has 2 heterocycles. The number of H-pyrrole nitrogens is 1. The molecular formula is C20H26N4O4. The minimum absolute atomic E-state index is 0.142. The molecule has 8 heteroatoms. The lowest BCUT2D eigenvalue weighted by atomic mass is 9.96. The summed E-state index contributed by atoms with van der Waals surface area (Å²) >= 11 is 0. The number of rotatable bonds is 5. The Labute approximate surface area is 164 Å². The molecule has 8 nitrogen and oxygen atoms in total. The summed E-state index contributed by atoms with van der Waals surface area (Å²) in [4.78, 5) is 37.3. The van der Waals surface area contributed by atoms with Crippen molar-refractivity contribution in [3.63, 3.8) is 0 Å². The van der Waals surface area contributed by atoms with Crippen molar-refractivity contribution >= 4 is 23.5 Å². The number of cyclic esters (lactones) is 1. The highest BCUT2D eigenvalue weighted by Gasteiger charge is 2.33. The zero-order chi connectivity index (χ0) is 20.8. The van der Waals surface area contributed by atoms with Gasteiger partial charge in [-0.25, -0.2) is 4.79 Å². The Bertz CT molecular complexity index is 838. The van der Waals surface area contributed by atoms with E-state index in [4.69, 9.17) is 4.74 Å². The Morgan fingerprint density at radius 1 is 1.29 bits per heavy atom. The van der Waals surface area contributed by atoms with E-state index in [0.29, 0.717) is 23.5 Å². The Balaban J connectivity index is 0.00000136. The molecule has 1 aromatic heterocycles. The quantitative estimate of drug-likeness (QED) is 0.769. The Hall–Kier alpha value is -3.16. The van der Waals surface area contributed by atoms with Crippen LogP contribution >= 0.6 is 0 Å². The second kappa shape index (κ2) is 9.16. The summed E-state index contributed by atoms with van der Waals surface area (Å²) < 4.78 is 5.29. The van der Waals surface area contributed by atoms with Crippen LogP contribution in [0.25, 0.3) is 0 Å². The van der Waals surface area contributed by atoms with Crippen molar-refractivity contribution in [3.05, 3.63) is 46.8 Å². The van der Waals surface area contributed by atoms with Gasteiger partial charge in [-0.2, -0.15) is 5.10 Å². The van der Waals surface area contributed by atoms with Gasteiger partial charge < -0.3 is 10.1 Å². The predicted octanol–water partition coefficient (Wildman–Crippen LogP) is 2.75. The number of hydrogen-bond acceptors (Lipinski definition) is 5. The van der Waals surface area contributed by atoms with E-state index >= 15 is 0 Å². The first-order valence-electron chi connectivity index (χ1n) is 9.24. The third-order valence-electron chi connectivity index (χ3n) is 4.25. The zero-order valence-electron chi connectivity index (χ0n) is 16.8. The van der Waals surface area contributed by atoms with Crippen LogP contribution in [0.1, 0.15) is 48.0 Å². The predicted molar refractivity (Wildman–Crippen MR) is 106 cm³/mol. The molecule has 2 amide bonds. The van der Waals surface area contributed by atoms with Crippen molar-refractivity contribution in [1.29, 1.82) is 0 Å². The van der Waals surface area contributed by atoms with Gasteiger partial charge in [0.2, 0.25) is 11.7 Å². The number of aryl methyl sites for hydroxylation is 2. The lowest BCUT2D eigenvalue weighted by Crippen LogP contribution is -2.33. The Morgan fingerprint density at radius 2 is 1.93 bits per heavy atom. The monoisotopic (exact) mass is 386 g/mol. The van der Waals surface area contributed by atoms with Gasteiger partial charge in [0.1, 0.15) is 11.8 Å². The molecule has 2 N–H and O–H groups in total. The van der Waals surface area contributed by atoms with Crippen molar-refractivity contribution in [2.75, 3.05) is 18.0 Å². The van der Waals surface area contributed by atoms with E-state index in [1.54, 1.807) is 18.2 Å². The minimum atomic E-state index is -0.466. The van der Waals surface area contributed by atoms with Gasteiger partial charge in [0.25, 0.3) is 0 Å². The van der Waals surface area contributed by atoms with Gasteiger partial charge in [-0.1, -0.05) is 13.8 Å². The number of ketones is 1. The van der Waals surface area contributed by atoms with Crippen LogP contribution in [0.5, 0.6) is 0 Å². The maximum absolute atomic E-state index is 12.6. The number of nitrogens with zero attached hydrogens (tertiary/aromatic N) is 2. The van der Waals surface area contributed by atoms with Crippen molar-refractivity contribution in [2.45, 2.75) is 40.7 Å². The largest absolute Gasteiger partial charge is 0.442 e. The summed E-state index contributed by atoms with van der Waals surface area (Å²) in [7, 11) is 0. The van der Waals surface area contributed by atoms with Crippen LogP contribution in [0.15, 0.2) is 24.4 Å². The number of ether oxygens (including phenoxy) is 1. The van der Waals surface area contributed by atoms with Crippen molar-refractivity contribution in [3.8, 4) is 0 Å². The van der Waals surface area contributed by atoms with Gasteiger partial charge in [-0.15, -0.1) is 0 Å². The molecule has 1 aromatic carbocycles. The lowest BCUT2D eigenvalue weighted by Gasteiger charge is -2.17. The molecule has 0 aliphatic carbocycles. The van der Waals surface area contributed by atoms with Gasteiger partial charge in [0.15, 0.2) is 0 Å². The van der Waals surface area contributed by atoms with E-state index < -0.39 is 12.2 Å². The van der Waals surface area contributed by atoms with E-state index in [1.165, 1.54) is 18.0 Å². The number of carbonyl (C=O) groups is 3. The van der Waals surface area contributed by atoms with E-state index in [9.17, 15) is 14.4 Å². The van der Waals surface area contributed by atoms with Crippen molar-refractivity contribution < 1.29 is 19.1 Å². The molecule has 3 rings (SSSR count). The molecule has 1 aliphatic heterocycles. The van der Waals surface area contributed by atoms with Gasteiger partial charge in [-0.3, -0.25) is 19.6 Å². The molecule has 0 spiro atoms. The fourth-order valence-electron chi connectivity index (χ4n) is 3.07. The normalized spacial score (nSPS) is 15.5. The first-order valence-corrected chi connectivity index (χ1v) is 9.24. The maximum Gasteiger partial charge on any atom is 0.414 e. The smallest absolute Gasteiger partial charge is 0.414 e. The second-order valence-electron chi connectivity index (χ2n) is 6.31. The summed E-state index contributed by atoms with van der Waals surface area (Å²) in [5.74, 6) is -0.315. The van der Waals surface area contributed by atoms with Crippen LogP contribution < -0.4 is 10.2 Å². The third kappa shape index (κ3) is 4.57. The van der Waals surface area contributed by atoms with E-state index in [2.05, 4.69) is 15.5 Å². The molecule has 2 aromatic rings. The molecule has 1 fully saturated rings.